The lowest BCUT2D eigenvalue weighted by atomic mass is 9.94. The number of halogens is 2. The molecule has 0 spiro atoms. The topological polar surface area (TPSA) is 38.3 Å². The van der Waals surface area contributed by atoms with Gasteiger partial charge in [-0.3, -0.25) is 4.79 Å². The maximum absolute atomic E-state index is 12.3. The summed E-state index contributed by atoms with van der Waals surface area (Å²) < 4.78 is 7.39. The molecule has 3 nitrogen and oxygen atoms in total. The fourth-order valence-electron chi connectivity index (χ4n) is 2.00. The van der Waals surface area contributed by atoms with Gasteiger partial charge in [0.2, 0.25) is 0 Å². The lowest BCUT2D eigenvalue weighted by molar-refractivity contribution is 0.0727. The Morgan fingerprint density at radius 2 is 2.33 bits per heavy atom. The van der Waals surface area contributed by atoms with E-state index in [-0.39, 0.29) is 17.6 Å². The summed E-state index contributed by atoms with van der Waals surface area (Å²) in [4.78, 5) is 12.3. The molecule has 0 bridgehead atoms. The van der Waals surface area contributed by atoms with Crippen LogP contribution in [0.3, 0.4) is 0 Å². The second-order valence-corrected chi connectivity index (χ2v) is 6.84. The molecule has 5 heteroatoms. The second kappa shape index (κ2) is 5.46. The Morgan fingerprint density at radius 3 is 2.94 bits per heavy atom. The van der Waals surface area contributed by atoms with Crippen LogP contribution in [0.2, 0.25) is 0 Å². The predicted octanol–water partition coefficient (Wildman–Crippen LogP) is 3.35. The van der Waals surface area contributed by atoms with Crippen LogP contribution in [0.5, 0.6) is 0 Å². The number of amides is 1. The fourth-order valence-corrected chi connectivity index (χ4v) is 2.94. The third-order valence-electron chi connectivity index (χ3n) is 3.46. The number of ether oxygens (including phenoxy) is 1. The smallest absolute Gasteiger partial charge is 0.252 e. The normalized spacial score (nSPS) is 27.2. The number of carbonyl (C=O) groups is 1. The number of hydrogen-bond acceptors (Lipinski definition) is 2. The summed E-state index contributed by atoms with van der Waals surface area (Å²) >= 11 is 5.57. The van der Waals surface area contributed by atoms with Crippen molar-refractivity contribution in [3.8, 4) is 0 Å². The molecule has 1 saturated heterocycles. The van der Waals surface area contributed by atoms with Crippen LogP contribution in [0.25, 0.3) is 0 Å². The van der Waals surface area contributed by atoms with E-state index < -0.39 is 0 Å². The Hall–Kier alpha value is -0.140. The van der Waals surface area contributed by atoms with Gasteiger partial charge >= 0.3 is 0 Å². The van der Waals surface area contributed by atoms with E-state index in [0.717, 1.165) is 14.5 Å². The lowest BCUT2D eigenvalue weighted by Crippen LogP contribution is -2.50. The molecule has 18 heavy (non-hydrogen) atoms. The molecule has 1 aromatic carbocycles. The summed E-state index contributed by atoms with van der Waals surface area (Å²) in [6.45, 7) is 4.74. The number of nitrogens with one attached hydrogen (secondary N) is 1. The second-order valence-electron chi connectivity index (χ2n) is 4.76. The summed E-state index contributed by atoms with van der Waals surface area (Å²) in [6, 6.07) is 5.71. The largest absolute Gasteiger partial charge is 0.376 e. The molecule has 0 aliphatic carbocycles. The van der Waals surface area contributed by atoms with Gasteiger partial charge in [0.1, 0.15) is 0 Å². The molecule has 2 rings (SSSR count). The van der Waals surface area contributed by atoms with E-state index in [1.807, 2.05) is 32.0 Å². The maximum atomic E-state index is 12.3. The first-order chi connectivity index (χ1) is 8.42. The summed E-state index contributed by atoms with van der Waals surface area (Å²) in [6.07, 6.45) is 0.899. The van der Waals surface area contributed by atoms with Gasteiger partial charge in [-0.1, -0.05) is 15.9 Å². The van der Waals surface area contributed by atoms with Crippen LogP contribution in [0, 0.1) is 3.57 Å². The highest BCUT2D eigenvalue weighted by Gasteiger charge is 2.38. The van der Waals surface area contributed by atoms with Crippen LogP contribution < -0.4 is 5.32 Å². The van der Waals surface area contributed by atoms with Gasteiger partial charge < -0.3 is 10.1 Å². The molecule has 1 amide bonds. The first-order valence-corrected chi connectivity index (χ1v) is 7.69. The Kier molecular flexibility index (Phi) is 4.33. The van der Waals surface area contributed by atoms with E-state index in [9.17, 15) is 4.79 Å². The summed E-state index contributed by atoms with van der Waals surface area (Å²) in [5.74, 6) is -0.0412. The van der Waals surface area contributed by atoms with Crippen molar-refractivity contribution in [1.82, 2.24) is 5.32 Å². The minimum absolute atomic E-state index is 0.0412. The Labute approximate surface area is 129 Å². The van der Waals surface area contributed by atoms with Crippen molar-refractivity contribution >= 4 is 44.4 Å². The zero-order valence-electron chi connectivity index (χ0n) is 10.3. The number of carbonyl (C=O) groups excluding carboxylic acids is 1. The first kappa shape index (κ1) is 14.3. The fraction of sp³-hybridized carbons (Fsp3) is 0.462. The average Bonchev–Trinajstić information content (AvgIpc) is 2.62. The lowest BCUT2D eigenvalue weighted by Gasteiger charge is -2.29. The van der Waals surface area contributed by atoms with Gasteiger partial charge in [0.25, 0.3) is 5.91 Å². The van der Waals surface area contributed by atoms with E-state index in [1.54, 1.807) is 0 Å². The quantitative estimate of drug-likeness (QED) is 0.740. The molecule has 98 valence electrons. The zero-order chi connectivity index (χ0) is 13.3. The zero-order valence-corrected chi connectivity index (χ0v) is 14.0. The third-order valence-corrected chi connectivity index (χ3v) is 4.89. The van der Waals surface area contributed by atoms with Crippen LogP contribution in [0.1, 0.15) is 30.6 Å². The predicted molar refractivity (Wildman–Crippen MR) is 82.8 cm³/mol. The molecule has 1 aromatic rings. The van der Waals surface area contributed by atoms with Crippen molar-refractivity contribution in [1.29, 1.82) is 0 Å². The maximum Gasteiger partial charge on any atom is 0.252 e. The van der Waals surface area contributed by atoms with Gasteiger partial charge in [0, 0.05) is 14.6 Å². The molecule has 2 atom stereocenters. The van der Waals surface area contributed by atoms with Crippen LogP contribution in [-0.4, -0.2) is 24.2 Å². The van der Waals surface area contributed by atoms with E-state index in [1.165, 1.54) is 0 Å². The third kappa shape index (κ3) is 2.88. The van der Waals surface area contributed by atoms with Crippen molar-refractivity contribution < 1.29 is 9.53 Å². The SMILES string of the molecule is CC1OCCC1(C)NC(=O)c1cc(Br)ccc1I. The molecule has 0 radical (unpaired) electrons. The van der Waals surface area contributed by atoms with Crippen LogP contribution in [-0.2, 0) is 4.74 Å². The van der Waals surface area contributed by atoms with Gasteiger partial charge in [0.05, 0.1) is 17.2 Å². The Balaban J connectivity index is 2.19. The number of benzene rings is 1. The van der Waals surface area contributed by atoms with Crippen LogP contribution in [0.15, 0.2) is 22.7 Å². The molecular formula is C13H15BrINO2. The molecule has 1 aliphatic rings. The molecule has 0 aromatic heterocycles. The summed E-state index contributed by atoms with van der Waals surface area (Å²) in [5, 5.41) is 3.10. The highest BCUT2D eigenvalue weighted by molar-refractivity contribution is 14.1. The highest BCUT2D eigenvalue weighted by Crippen LogP contribution is 2.26. The van der Waals surface area contributed by atoms with Gasteiger partial charge in [-0.25, -0.2) is 0 Å². The minimum atomic E-state index is -0.275. The van der Waals surface area contributed by atoms with Crippen molar-refractivity contribution in [2.45, 2.75) is 31.9 Å². The average molecular weight is 424 g/mol. The van der Waals surface area contributed by atoms with Gasteiger partial charge in [-0.15, -0.1) is 0 Å². The van der Waals surface area contributed by atoms with Gasteiger partial charge in [-0.2, -0.15) is 0 Å². The van der Waals surface area contributed by atoms with Crippen molar-refractivity contribution in [2.24, 2.45) is 0 Å². The molecule has 2 unspecified atom stereocenters. The summed E-state index contributed by atoms with van der Waals surface area (Å²) in [5.41, 5.74) is 0.424. The van der Waals surface area contributed by atoms with Crippen molar-refractivity contribution in [2.75, 3.05) is 6.61 Å². The van der Waals surface area contributed by atoms with Gasteiger partial charge in [-0.05, 0) is 61.1 Å². The van der Waals surface area contributed by atoms with Crippen molar-refractivity contribution in [3.63, 3.8) is 0 Å². The molecule has 1 fully saturated rings. The Morgan fingerprint density at radius 1 is 1.61 bits per heavy atom. The highest BCUT2D eigenvalue weighted by atomic mass is 127. The van der Waals surface area contributed by atoms with E-state index in [2.05, 4.69) is 43.8 Å². The number of hydrogen-bond donors (Lipinski definition) is 1. The molecule has 1 aliphatic heterocycles. The van der Waals surface area contributed by atoms with Crippen molar-refractivity contribution in [3.05, 3.63) is 31.8 Å². The monoisotopic (exact) mass is 423 g/mol. The van der Waals surface area contributed by atoms with E-state index >= 15 is 0 Å². The molecule has 0 saturated carbocycles. The van der Waals surface area contributed by atoms with E-state index in [0.29, 0.717) is 12.2 Å². The standard InChI is InChI=1S/C13H15BrINO2/c1-8-13(2,5-6-18-8)16-12(17)10-7-9(14)3-4-11(10)15/h3-4,7-8H,5-6H2,1-2H3,(H,16,17). The van der Waals surface area contributed by atoms with Gasteiger partial charge in [0.15, 0.2) is 0 Å². The van der Waals surface area contributed by atoms with Crippen LogP contribution in [0.4, 0.5) is 0 Å². The molecule has 1 heterocycles. The Bertz CT molecular complexity index is 480. The van der Waals surface area contributed by atoms with Crippen LogP contribution >= 0.6 is 38.5 Å². The summed E-state index contributed by atoms with van der Waals surface area (Å²) in [7, 11) is 0. The molecular weight excluding hydrogens is 409 g/mol. The number of rotatable bonds is 2. The molecule has 1 N–H and O–H groups in total. The minimum Gasteiger partial charge on any atom is -0.376 e. The first-order valence-electron chi connectivity index (χ1n) is 5.81. The van der Waals surface area contributed by atoms with E-state index in [4.69, 9.17) is 4.74 Å².